The Morgan fingerprint density at radius 3 is 2.64 bits per heavy atom. The van der Waals surface area contributed by atoms with Crippen molar-refractivity contribution in [2.75, 3.05) is 5.32 Å². The molecule has 2 rings (SSSR count). The largest absolute Gasteiger partial charge is 0.507 e. The van der Waals surface area contributed by atoms with Crippen molar-refractivity contribution in [3.8, 4) is 5.75 Å². The number of unbranched alkanes of at least 4 members (excludes halogenated alkanes) is 2. The average molecular weight is 340 g/mol. The van der Waals surface area contributed by atoms with Gasteiger partial charge in [0.05, 0.1) is 5.71 Å². The summed E-state index contributed by atoms with van der Waals surface area (Å²) in [6.45, 7) is 4.06. The van der Waals surface area contributed by atoms with E-state index in [9.17, 15) is 9.90 Å². The number of rotatable bonds is 7. The lowest BCUT2D eigenvalue weighted by Gasteiger charge is -2.09. The number of amides is 1. The van der Waals surface area contributed by atoms with Gasteiger partial charge in [-0.3, -0.25) is 10.2 Å². The molecular formula is C20H24N2O3. The number of anilines is 1. The molecule has 2 N–H and O–H groups in total. The summed E-state index contributed by atoms with van der Waals surface area (Å²) < 4.78 is 0. The van der Waals surface area contributed by atoms with Crippen LogP contribution in [0.1, 0.15) is 43.7 Å². The van der Waals surface area contributed by atoms with Gasteiger partial charge in [0, 0.05) is 11.3 Å². The lowest BCUT2D eigenvalue weighted by Crippen LogP contribution is -2.13. The van der Waals surface area contributed by atoms with Crippen LogP contribution in [0.5, 0.6) is 5.75 Å². The number of carbonyl (C=O) groups excluding carboxylic acids is 1. The van der Waals surface area contributed by atoms with Crippen LogP contribution in [0, 0.1) is 6.92 Å². The van der Waals surface area contributed by atoms with Gasteiger partial charge < -0.3 is 5.11 Å². The Hall–Kier alpha value is -2.82. The van der Waals surface area contributed by atoms with Crippen LogP contribution in [-0.4, -0.2) is 16.9 Å². The molecule has 0 unspecified atom stereocenters. The zero-order chi connectivity index (χ0) is 18.1. The normalized spacial score (nSPS) is 11.2. The molecule has 132 valence electrons. The van der Waals surface area contributed by atoms with Gasteiger partial charge in [0.1, 0.15) is 5.75 Å². The number of hydrogen-bond donors (Lipinski definition) is 2. The summed E-state index contributed by atoms with van der Waals surface area (Å²) in [6.07, 6.45) is 2.99. The molecule has 5 heteroatoms. The third-order valence-electron chi connectivity index (χ3n) is 3.74. The van der Waals surface area contributed by atoms with Crippen LogP contribution in [0.2, 0.25) is 0 Å². The zero-order valence-corrected chi connectivity index (χ0v) is 14.7. The molecule has 0 bridgehead atoms. The minimum Gasteiger partial charge on any atom is -0.507 e. The predicted molar refractivity (Wildman–Crippen MR) is 100 cm³/mol. The smallest absolute Gasteiger partial charge is 0.437 e. The molecule has 0 aliphatic carbocycles. The fourth-order valence-electron chi connectivity index (χ4n) is 2.41. The lowest BCUT2D eigenvalue weighted by atomic mass is 10.0. The van der Waals surface area contributed by atoms with Crippen LogP contribution in [0.15, 0.2) is 53.7 Å². The highest BCUT2D eigenvalue weighted by Crippen LogP contribution is 2.22. The van der Waals surface area contributed by atoms with Crippen molar-refractivity contribution in [1.29, 1.82) is 0 Å². The van der Waals surface area contributed by atoms with Crippen LogP contribution >= 0.6 is 0 Å². The van der Waals surface area contributed by atoms with Gasteiger partial charge >= 0.3 is 6.09 Å². The Morgan fingerprint density at radius 1 is 1.16 bits per heavy atom. The Morgan fingerprint density at radius 2 is 1.92 bits per heavy atom. The molecular weight excluding hydrogens is 316 g/mol. The number of aryl methyl sites for hydroxylation is 1. The number of hydrogen-bond acceptors (Lipinski definition) is 4. The molecule has 0 aliphatic rings. The monoisotopic (exact) mass is 340 g/mol. The molecule has 0 saturated heterocycles. The van der Waals surface area contributed by atoms with Crippen molar-refractivity contribution < 1.29 is 14.7 Å². The molecule has 2 aromatic rings. The van der Waals surface area contributed by atoms with E-state index < -0.39 is 6.09 Å². The number of benzene rings is 2. The van der Waals surface area contributed by atoms with Crippen LogP contribution in [-0.2, 0) is 4.84 Å². The summed E-state index contributed by atoms with van der Waals surface area (Å²) in [5.74, 6) is 0.132. The van der Waals surface area contributed by atoms with Gasteiger partial charge in [0.15, 0.2) is 0 Å². The van der Waals surface area contributed by atoms with Gasteiger partial charge in [0.2, 0.25) is 0 Å². The van der Waals surface area contributed by atoms with E-state index in [0.717, 1.165) is 24.8 Å². The van der Waals surface area contributed by atoms with E-state index in [1.54, 1.807) is 18.2 Å². The van der Waals surface area contributed by atoms with E-state index in [1.165, 1.54) is 0 Å². The molecule has 1 amide bonds. The fourth-order valence-corrected chi connectivity index (χ4v) is 2.41. The molecule has 0 fully saturated rings. The van der Waals surface area contributed by atoms with Gasteiger partial charge in [-0.15, -0.1) is 0 Å². The number of nitrogens with one attached hydrogen (secondary N) is 1. The summed E-state index contributed by atoms with van der Waals surface area (Å²) in [5.41, 5.74) is 2.81. The van der Waals surface area contributed by atoms with Crippen molar-refractivity contribution in [3.05, 3.63) is 59.7 Å². The number of nitrogens with zero attached hydrogens (tertiary/aromatic N) is 1. The second-order valence-corrected chi connectivity index (χ2v) is 5.89. The maximum atomic E-state index is 11.9. The zero-order valence-electron chi connectivity index (χ0n) is 14.7. The molecule has 0 aliphatic heterocycles. The first-order valence-corrected chi connectivity index (χ1v) is 8.50. The first-order valence-electron chi connectivity index (χ1n) is 8.50. The van der Waals surface area contributed by atoms with Crippen LogP contribution in [0.25, 0.3) is 0 Å². The number of phenolic OH excluding ortho intramolecular Hbond substituents is 1. The Bertz CT molecular complexity index is 727. The minimum absolute atomic E-state index is 0.132. The number of para-hydroxylation sites is 1. The fraction of sp³-hybridized carbons (Fsp3) is 0.300. The van der Waals surface area contributed by atoms with Crippen LogP contribution < -0.4 is 5.32 Å². The van der Waals surface area contributed by atoms with Crippen molar-refractivity contribution in [1.82, 2.24) is 0 Å². The second-order valence-electron chi connectivity index (χ2n) is 5.89. The summed E-state index contributed by atoms with van der Waals surface area (Å²) in [5, 5.41) is 16.7. The highest BCUT2D eigenvalue weighted by atomic mass is 16.7. The van der Waals surface area contributed by atoms with Gasteiger partial charge in [-0.1, -0.05) is 54.8 Å². The summed E-state index contributed by atoms with van der Waals surface area (Å²) in [7, 11) is 0. The molecule has 2 aromatic carbocycles. The number of phenols is 1. The highest BCUT2D eigenvalue weighted by Gasteiger charge is 2.12. The molecule has 0 saturated carbocycles. The second kappa shape index (κ2) is 9.47. The lowest BCUT2D eigenvalue weighted by molar-refractivity contribution is 0.166. The van der Waals surface area contributed by atoms with Crippen LogP contribution in [0.4, 0.5) is 10.5 Å². The molecule has 0 aromatic heterocycles. The highest BCUT2D eigenvalue weighted by molar-refractivity contribution is 6.03. The molecule has 0 heterocycles. The van der Waals surface area contributed by atoms with Gasteiger partial charge in [-0.2, -0.15) is 0 Å². The van der Waals surface area contributed by atoms with Gasteiger partial charge in [-0.05, 0) is 44.0 Å². The van der Waals surface area contributed by atoms with E-state index in [0.29, 0.717) is 23.4 Å². The standard InChI is InChI=1S/C20H24N2O3/c1-3-4-6-11-18(17-14-15(2)12-13-19(17)23)22-25-20(24)21-16-9-7-5-8-10-16/h5,7-10,12-14,23H,3-4,6,11H2,1-2H3,(H,21,24)/b22-18-. The minimum atomic E-state index is -0.661. The van der Waals surface area contributed by atoms with Crippen molar-refractivity contribution in [3.63, 3.8) is 0 Å². The average Bonchev–Trinajstić information content (AvgIpc) is 2.61. The van der Waals surface area contributed by atoms with Crippen molar-refractivity contribution in [2.24, 2.45) is 5.16 Å². The Balaban J connectivity index is 2.12. The molecule has 0 radical (unpaired) electrons. The summed E-state index contributed by atoms with van der Waals surface area (Å²) >= 11 is 0. The summed E-state index contributed by atoms with van der Waals surface area (Å²) in [6, 6.07) is 14.3. The van der Waals surface area contributed by atoms with E-state index >= 15 is 0 Å². The Kier molecular flexibility index (Phi) is 7.01. The summed E-state index contributed by atoms with van der Waals surface area (Å²) in [4.78, 5) is 16.9. The quantitative estimate of drug-likeness (QED) is 0.314. The number of oxime groups is 1. The van der Waals surface area contributed by atoms with Gasteiger partial charge in [-0.25, -0.2) is 4.79 Å². The van der Waals surface area contributed by atoms with E-state index in [-0.39, 0.29) is 5.75 Å². The van der Waals surface area contributed by atoms with Crippen LogP contribution in [0.3, 0.4) is 0 Å². The topological polar surface area (TPSA) is 70.9 Å². The van der Waals surface area contributed by atoms with Gasteiger partial charge in [0.25, 0.3) is 0 Å². The van der Waals surface area contributed by atoms with E-state index in [1.807, 2.05) is 37.3 Å². The predicted octanol–water partition coefficient (Wildman–Crippen LogP) is 5.23. The first-order chi connectivity index (χ1) is 12.1. The maximum absolute atomic E-state index is 11.9. The molecule has 5 nitrogen and oxygen atoms in total. The third-order valence-corrected chi connectivity index (χ3v) is 3.74. The molecule has 0 spiro atoms. The third kappa shape index (κ3) is 5.95. The van der Waals surface area contributed by atoms with Crippen molar-refractivity contribution in [2.45, 2.75) is 39.5 Å². The Labute approximate surface area is 148 Å². The van der Waals surface area contributed by atoms with E-state index in [2.05, 4.69) is 17.4 Å². The first kappa shape index (κ1) is 18.5. The SMILES string of the molecule is CCCCC/C(=N/OC(=O)Nc1ccccc1)c1cc(C)ccc1O. The van der Waals surface area contributed by atoms with E-state index in [4.69, 9.17) is 4.84 Å². The number of carbonyl (C=O) groups is 1. The number of aromatic hydroxyl groups is 1. The van der Waals surface area contributed by atoms with Crippen molar-refractivity contribution >= 4 is 17.5 Å². The molecule has 0 atom stereocenters. The maximum Gasteiger partial charge on any atom is 0.437 e. The molecule has 25 heavy (non-hydrogen) atoms.